The molecule has 3 heterocycles. The van der Waals surface area contributed by atoms with Crippen LogP contribution in [-0.4, -0.2) is 20.2 Å². The molecule has 120 valence electrons. The lowest BCUT2D eigenvalue weighted by Crippen LogP contribution is -1.87. The fourth-order valence-corrected chi connectivity index (χ4v) is 3.63. The molecule has 1 aromatic carbocycles. The van der Waals surface area contributed by atoms with Gasteiger partial charge in [-0.05, 0) is 23.6 Å². The largest absolute Gasteiger partial charge is 0.444 e. The van der Waals surface area contributed by atoms with Gasteiger partial charge in [0.25, 0.3) is 0 Å². The quantitative estimate of drug-likeness (QED) is 0.520. The van der Waals surface area contributed by atoms with Crippen LogP contribution in [0, 0.1) is 0 Å². The number of benzene rings is 1. The van der Waals surface area contributed by atoms with Crippen molar-refractivity contribution >= 4 is 23.1 Å². The summed E-state index contributed by atoms with van der Waals surface area (Å²) in [6.45, 7) is 0. The predicted octanol–water partition coefficient (Wildman–Crippen LogP) is 4.40. The Bertz CT molecular complexity index is 900. The van der Waals surface area contributed by atoms with Gasteiger partial charge in [-0.15, -0.1) is 16.4 Å². The van der Waals surface area contributed by atoms with Crippen molar-refractivity contribution in [1.82, 2.24) is 20.2 Å². The van der Waals surface area contributed by atoms with E-state index in [2.05, 4.69) is 31.6 Å². The zero-order chi connectivity index (χ0) is 16.2. The van der Waals surface area contributed by atoms with E-state index >= 15 is 0 Å². The van der Waals surface area contributed by atoms with Gasteiger partial charge >= 0.3 is 0 Å². The summed E-state index contributed by atoms with van der Waals surface area (Å²) in [5.41, 5.74) is 1.85. The van der Waals surface area contributed by atoms with E-state index in [0.29, 0.717) is 11.6 Å². The Labute approximate surface area is 147 Å². The van der Waals surface area contributed by atoms with Gasteiger partial charge in [-0.2, -0.15) is 0 Å². The Kier molecular flexibility index (Phi) is 4.44. The number of aromatic amines is 1. The molecule has 4 aromatic rings. The lowest BCUT2D eigenvalue weighted by molar-refractivity contribution is 0.573. The van der Waals surface area contributed by atoms with Crippen LogP contribution in [0.2, 0.25) is 0 Å². The SMILES string of the molecule is c1ccc(-c2nc(CSc3n[nH]c(Cc4cccs4)n3)co2)cc1. The van der Waals surface area contributed by atoms with E-state index in [0.717, 1.165) is 28.7 Å². The van der Waals surface area contributed by atoms with Crippen molar-refractivity contribution in [3.05, 3.63) is 70.5 Å². The maximum atomic E-state index is 5.54. The summed E-state index contributed by atoms with van der Waals surface area (Å²) in [6, 6.07) is 14.0. The molecule has 0 bridgehead atoms. The number of thioether (sulfide) groups is 1. The molecule has 1 N–H and O–H groups in total. The minimum Gasteiger partial charge on any atom is -0.444 e. The van der Waals surface area contributed by atoms with Crippen molar-refractivity contribution in [2.75, 3.05) is 0 Å². The van der Waals surface area contributed by atoms with Gasteiger partial charge in [-0.1, -0.05) is 36.0 Å². The lowest BCUT2D eigenvalue weighted by atomic mass is 10.2. The van der Waals surface area contributed by atoms with Gasteiger partial charge in [-0.3, -0.25) is 5.10 Å². The number of hydrogen-bond donors (Lipinski definition) is 1. The molecule has 0 spiro atoms. The summed E-state index contributed by atoms with van der Waals surface area (Å²) in [4.78, 5) is 10.3. The zero-order valence-electron chi connectivity index (χ0n) is 12.7. The molecule has 0 amide bonds. The van der Waals surface area contributed by atoms with Gasteiger partial charge in [0.1, 0.15) is 12.1 Å². The second-order valence-corrected chi connectivity index (χ2v) is 7.09. The van der Waals surface area contributed by atoms with Gasteiger partial charge in [0, 0.05) is 22.6 Å². The average Bonchev–Trinajstić information content (AvgIpc) is 3.36. The fraction of sp³-hybridized carbons (Fsp3) is 0.118. The molecule has 0 radical (unpaired) electrons. The van der Waals surface area contributed by atoms with Crippen molar-refractivity contribution in [3.8, 4) is 11.5 Å². The third-order valence-electron chi connectivity index (χ3n) is 3.35. The molecule has 0 aliphatic carbocycles. The molecule has 7 heteroatoms. The van der Waals surface area contributed by atoms with Gasteiger partial charge in [-0.25, -0.2) is 9.97 Å². The van der Waals surface area contributed by atoms with E-state index in [1.165, 1.54) is 4.88 Å². The minimum atomic E-state index is 0.638. The van der Waals surface area contributed by atoms with Crippen LogP contribution in [0.15, 0.2) is 63.7 Å². The summed E-state index contributed by atoms with van der Waals surface area (Å²) >= 11 is 3.26. The molecule has 0 saturated carbocycles. The molecule has 5 nitrogen and oxygen atoms in total. The average molecular weight is 354 g/mol. The highest BCUT2D eigenvalue weighted by Crippen LogP contribution is 2.23. The number of oxazole rings is 1. The Balaban J connectivity index is 1.37. The summed E-state index contributed by atoms with van der Waals surface area (Å²) in [5, 5.41) is 10.0. The van der Waals surface area contributed by atoms with Gasteiger partial charge in [0.05, 0.1) is 5.69 Å². The third-order valence-corrected chi connectivity index (χ3v) is 5.11. The molecule has 0 atom stereocenters. The first kappa shape index (κ1) is 15.2. The van der Waals surface area contributed by atoms with Crippen LogP contribution in [0.25, 0.3) is 11.5 Å². The maximum absolute atomic E-state index is 5.54. The number of rotatable bonds is 6. The Morgan fingerprint density at radius 1 is 1.08 bits per heavy atom. The number of aromatic nitrogens is 4. The highest BCUT2D eigenvalue weighted by Gasteiger charge is 2.09. The fourth-order valence-electron chi connectivity index (χ4n) is 2.22. The second kappa shape index (κ2) is 7.02. The van der Waals surface area contributed by atoms with E-state index in [9.17, 15) is 0 Å². The van der Waals surface area contributed by atoms with Crippen molar-refractivity contribution in [3.63, 3.8) is 0 Å². The zero-order valence-corrected chi connectivity index (χ0v) is 14.3. The standard InChI is InChI=1S/C17H14N4OS2/c1-2-5-12(6-3-1)16-18-13(10-22-16)11-24-17-19-15(20-21-17)9-14-7-4-8-23-14/h1-8,10H,9,11H2,(H,19,20,21). The molecule has 0 unspecified atom stereocenters. The molecular weight excluding hydrogens is 340 g/mol. The van der Waals surface area contributed by atoms with E-state index in [1.54, 1.807) is 29.4 Å². The van der Waals surface area contributed by atoms with Crippen molar-refractivity contribution in [2.24, 2.45) is 0 Å². The molecular formula is C17H14N4OS2. The third kappa shape index (κ3) is 3.58. The van der Waals surface area contributed by atoms with Crippen molar-refractivity contribution in [1.29, 1.82) is 0 Å². The van der Waals surface area contributed by atoms with Crippen molar-refractivity contribution in [2.45, 2.75) is 17.3 Å². The topological polar surface area (TPSA) is 67.6 Å². The van der Waals surface area contributed by atoms with E-state index in [-0.39, 0.29) is 0 Å². The summed E-state index contributed by atoms with van der Waals surface area (Å²) in [5.74, 6) is 2.19. The Morgan fingerprint density at radius 2 is 2.00 bits per heavy atom. The van der Waals surface area contributed by atoms with E-state index in [4.69, 9.17) is 4.42 Å². The summed E-state index contributed by atoms with van der Waals surface area (Å²) < 4.78 is 5.54. The van der Waals surface area contributed by atoms with Crippen LogP contribution in [0.1, 0.15) is 16.4 Å². The number of nitrogens with zero attached hydrogens (tertiary/aromatic N) is 3. The van der Waals surface area contributed by atoms with Crippen LogP contribution in [-0.2, 0) is 12.2 Å². The number of nitrogens with one attached hydrogen (secondary N) is 1. The first-order chi connectivity index (χ1) is 11.9. The van der Waals surface area contributed by atoms with Crippen LogP contribution >= 0.6 is 23.1 Å². The van der Waals surface area contributed by atoms with Crippen LogP contribution in [0.5, 0.6) is 0 Å². The molecule has 4 rings (SSSR count). The summed E-state index contributed by atoms with van der Waals surface area (Å²) in [7, 11) is 0. The molecule has 0 fully saturated rings. The minimum absolute atomic E-state index is 0.638. The van der Waals surface area contributed by atoms with E-state index in [1.807, 2.05) is 36.4 Å². The van der Waals surface area contributed by atoms with Crippen molar-refractivity contribution < 1.29 is 4.42 Å². The molecule has 0 aliphatic heterocycles. The summed E-state index contributed by atoms with van der Waals surface area (Å²) in [6.07, 6.45) is 2.47. The molecule has 0 aliphatic rings. The molecule has 24 heavy (non-hydrogen) atoms. The maximum Gasteiger partial charge on any atom is 0.226 e. The first-order valence-corrected chi connectivity index (χ1v) is 9.29. The Hall–Kier alpha value is -2.38. The normalized spacial score (nSPS) is 11.0. The number of thiophene rings is 1. The van der Waals surface area contributed by atoms with Crippen LogP contribution < -0.4 is 0 Å². The molecule has 0 saturated heterocycles. The smallest absolute Gasteiger partial charge is 0.226 e. The monoisotopic (exact) mass is 354 g/mol. The van der Waals surface area contributed by atoms with Gasteiger partial charge in [0.2, 0.25) is 11.0 Å². The number of hydrogen-bond acceptors (Lipinski definition) is 6. The van der Waals surface area contributed by atoms with Crippen LogP contribution in [0.4, 0.5) is 0 Å². The number of H-pyrrole nitrogens is 1. The highest BCUT2D eigenvalue weighted by atomic mass is 32.2. The van der Waals surface area contributed by atoms with Gasteiger partial charge in [0.15, 0.2) is 0 Å². The van der Waals surface area contributed by atoms with E-state index < -0.39 is 0 Å². The molecule has 3 aromatic heterocycles. The second-order valence-electron chi connectivity index (χ2n) is 5.12. The van der Waals surface area contributed by atoms with Crippen LogP contribution in [0.3, 0.4) is 0 Å². The first-order valence-electron chi connectivity index (χ1n) is 7.43. The lowest BCUT2D eigenvalue weighted by Gasteiger charge is -1.93. The predicted molar refractivity (Wildman–Crippen MR) is 95.0 cm³/mol. The van der Waals surface area contributed by atoms with Gasteiger partial charge < -0.3 is 4.42 Å². The Morgan fingerprint density at radius 3 is 2.83 bits per heavy atom. The highest BCUT2D eigenvalue weighted by molar-refractivity contribution is 7.98.